The predicted molar refractivity (Wildman–Crippen MR) is 104 cm³/mol. The van der Waals surface area contributed by atoms with E-state index in [0.717, 1.165) is 15.6 Å². The van der Waals surface area contributed by atoms with Crippen LogP contribution in [0, 0.1) is 6.92 Å². The quantitative estimate of drug-likeness (QED) is 0.539. The first-order chi connectivity index (χ1) is 12.0. The Morgan fingerprint density at radius 2 is 1.88 bits per heavy atom. The summed E-state index contributed by atoms with van der Waals surface area (Å²) in [4.78, 5) is 23.7. The summed E-state index contributed by atoms with van der Waals surface area (Å²) in [6.45, 7) is 1.82. The Hall–Kier alpha value is -2.18. The highest BCUT2D eigenvalue weighted by atomic mass is 79.9. The van der Waals surface area contributed by atoms with Crippen LogP contribution in [0.1, 0.15) is 24.0 Å². The maximum absolute atomic E-state index is 11.9. The molecule has 0 spiro atoms. The fourth-order valence-electron chi connectivity index (χ4n) is 2.00. The molecule has 0 atom stereocenters. The summed E-state index contributed by atoms with van der Waals surface area (Å²) >= 11 is 9.37. The molecule has 0 aliphatic heterocycles. The number of anilines is 1. The maximum Gasteiger partial charge on any atom is 0.240 e. The minimum atomic E-state index is -0.329. The van der Waals surface area contributed by atoms with E-state index in [2.05, 4.69) is 31.8 Å². The molecule has 7 heteroatoms. The second kappa shape index (κ2) is 9.34. The van der Waals surface area contributed by atoms with Crippen molar-refractivity contribution < 1.29 is 9.59 Å². The van der Waals surface area contributed by atoms with Crippen molar-refractivity contribution in [3.05, 3.63) is 63.1 Å². The summed E-state index contributed by atoms with van der Waals surface area (Å²) < 4.78 is 0.927. The van der Waals surface area contributed by atoms with Crippen LogP contribution >= 0.6 is 27.5 Å². The Labute approximate surface area is 159 Å². The molecular formula is C18H17BrClN3O2. The zero-order chi connectivity index (χ0) is 18.2. The lowest BCUT2D eigenvalue weighted by Crippen LogP contribution is -2.20. The molecule has 2 amide bonds. The van der Waals surface area contributed by atoms with Gasteiger partial charge in [-0.2, -0.15) is 5.10 Å². The number of nitrogens with one attached hydrogen (secondary N) is 2. The number of amides is 2. The molecule has 0 radical (unpaired) electrons. The zero-order valence-corrected chi connectivity index (χ0v) is 15.9. The average Bonchev–Trinajstić information content (AvgIpc) is 2.57. The van der Waals surface area contributed by atoms with Gasteiger partial charge in [-0.15, -0.1) is 0 Å². The Morgan fingerprint density at radius 1 is 1.16 bits per heavy atom. The Morgan fingerprint density at radius 3 is 2.64 bits per heavy atom. The molecule has 2 aromatic carbocycles. The van der Waals surface area contributed by atoms with Crippen molar-refractivity contribution in [2.75, 3.05) is 5.32 Å². The molecule has 0 heterocycles. The van der Waals surface area contributed by atoms with Gasteiger partial charge in [0, 0.05) is 28.0 Å². The molecule has 2 rings (SSSR count). The monoisotopic (exact) mass is 421 g/mol. The van der Waals surface area contributed by atoms with Crippen LogP contribution < -0.4 is 10.7 Å². The summed E-state index contributed by atoms with van der Waals surface area (Å²) in [5.41, 5.74) is 4.69. The molecule has 0 aliphatic carbocycles. The smallest absolute Gasteiger partial charge is 0.240 e. The van der Waals surface area contributed by atoms with E-state index in [1.165, 1.54) is 6.21 Å². The number of rotatable bonds is 6. The number of halogens is 2. The fourth-order valence-corrected chi connectivity index (χ4v) is 2.60. The molecule has 2 N–H and O–H groups in total. The van der Waals surface area contributed by atoms with Gasteiger partial charge in [-0.3, -0.25) is 9.59 Å². The number of nitrogens with zero attached hydrogens (tertiary/aromatic N) is 1. The van der Waals surface area contributed by atoms with E-state index in [4.69, 9.17) is 11.6 Å². The average molecular weight is 423 g/mol. The number of benzene rings is 2. The first kappa shape index (κ1) is 19.1. The SMILES string of the molecule is Cc1c(Cl)cccc1NC(=O)CCC(=O)N/N=C/c1cccc(Br)c1. The summed E-state index contributed by atoms with van der Waals surface area (Å²) in [5.74, 6) is -0.583. The standard InChI is InChI=1S/C18H17BrClN3O2/c1-12-15(20)6-3-7-16(12)22-17(24)8-9-18(25)23-21-11-13-4-2-5-14(19)10-13/h2-7,10-11H,8-9H2,1H3,(H,22,24)(H,23,25)/b21-11+. The Balaban J connectivity index is 1.77. The van der Waals surface area contributed by atoms with Crippen molar-refractivity contribution >= 4 is 51.2 Å². The third kappa shape index (κ3) is 6.32. The van der Waals surface area contributed by atoms with Crippen LogP contribution in [0.25, 0.3) is 0 Å². The van der Waals surface area contributed by atoms with E-state index in [0.29, 0.717) is 10.7 Å². The highest BCUT2D eigenvalue weighted by molar-refractivity contribution is 9.10. The number of carbonyl (C=O) groups is 2. The normalized spacial score (nSPS) is 10.7. The Kier molecular flexibility index (Phi) is 7.16. The minimum Gasteiger partial charge on any atom is -0.326 e. The van der Waals surface area contributed by atoms with E-state index in [-0.39, 0.29) is 24.7 Å². The van der Waals surface area contributed by atoms with Gasteiger partial charge < -0.3 is 5.32 Å². The molecule has 2 aromatic rings. The summed E-state index contributed by atoms with van der Waals surface area (Å²) in [7, 11) is 0. The molecule has 5 nitrogen and oxygen atoms in total. The first-order valence-electron chi connectivity index (χ1n) is 7.58. The van der Waals surface area contributed by atoms with E-state index in [1.807, 2.05) is 31.2 Å². The van der Waals surface area contributed by atoms with Crippen molar-refractivity contribution in [2.24, 2.45) is 5.10 Å². The maximum atomic E-state index is 11.9. The van der Waals surface area contributed by atoms with Gasteiger partial charge in [0.1, 0.15) is 0 Å². The van der Waals surface area contributed by atoms with Crippen LogP contribution in [0.3, 0.4) is 0 Å². The molecule has 0 saturated carbocycles. The second-order valence-electron chi connectivity index (χ2n) is 5.31. The molecule has 0 aromatic heterocycles. The predicted octanol–water partition coefficient (Wildman–Crippen LogP) is 4.28. The fraction of sp³-hybridized carbons (Fsp3) is 0.167. The molecule has 130 valence electrons. The third-order valence-electron chi connectivity index (χ3n) is 3.37. The minimum absolute atomic E-state index is 0.0429. The molecule has 0 fully saturated rings. The van der Waals surface area contributed by atoms with Crippen LogP contribution in [-0.2, 0) is 9.59 Å². The zero-order valence-electron chi connectivity index (χ0n) is 13.6. The second-order valence-corrected chi connectivity index (χ2v) is 6.63. The van der Waals surface area contributed by atoms with Crippen molar-refractivity contribution in [3.8, 4) is 0 Å². The van der Waals surface area contributed by atoms with Crippen molar-refractivity contribution in [3.63, 3.8) is 0 Å². The number of hydrogen-bond acceptors (Lipinski definition) is 3. The van der Waals surface area contributed by atoms with Crippen LogP contribution in [0.2, 0.25) is 5.02 Å². The van der Waals surface area contributed by atoms with Gasteiger partial charge >= 0.3 is 0 Å². The lowest BCUT2D eigenvalue weighted by Gasteiger charge is -2.09. The lowest BCUT2D eigenvalue weighted by molar-refractivity contribution is -0.124. The largest absolute Gasteiger partial charge is 0.326 e. The molecule has 0 saturated heterocycles. The number of hydrazone groups is 1. The summed E-state index contributed by atoms with van der Waals surface area (Å²) in [6.07, 6.45) is 1.64. The van der Waals surface area contributed by atoms with Crippen LogP contribution in [0.4, 0.5) is 5.69 Å². The van der Waals surface area contributed by atoms with E-state index < -0.39 is 0 Å². The number of hydrogen-bond donors (Lipinski definition) is 2. The Bertz CT molecular complexity index is 809. The van der Waals surface area contributed by atoms with Gasteiger partial charge in [-0.1, -0.05) is 45.7 Å². The third-order valence-corrected chi connectivity index (χ3v) is 4.28. The van der Waals surface area contributed by atoms with E-state index in [9.17, 15) is 9.59 Å². The van der Waals surface area contributed by atoms with Crippen molar-refractivity contribution in [2.45, 2.75) is 19.8 Å². The van der Waals surface area contributed by atoms with E-state index in [1.54, 1.807) is 18.2 Å². The molecule has 0 unspecified atom stereocenters. The summed E-state index contributed by atoms with van der Waals surface area (Å²) in [6, 6.07) is 12.8. The van der Waals surface area contributed by atoms with Gasteiger partial charge in [-0.25, -0.2) is 5.43 Å². The van der Waals surface area contributed by atoms with E-state index >= 15 is 0 Å². The summed E-state index contributed by atoms with van der Waals surface area (Å²) in [5, 5.41) is 7.20. The van der Waals surface area contributed by atoms with Gasteiger partial charge in [-0.05, 0) is 42.3 Å². The van der Waals surface area contributed by atoms with Gasteiger partial charge in [0.15, 0.2) is 0 Å². The molecule has 25 heavy (non-hydrogen) atoms. The van der Waals surface area contributed by atoms with Gasteiger partial charge in [0.05, 0.1) is 6.21 Å². The van der Waals surface area contributed by atoms with Gasteiger partial charge in [0.2, 0.25) is 11.8 Å². The molecule has 0 bridgehead atoms. The number of carbonyl (C=O) groups excluding carboxylic acids is 2. The van der Waals surface area contributed by atoms with Crippen molar-refractivity contribution in [1.29, 1.82) is 0 Å². The lowest BCUT2D eigenvalue weighted by atomic mass is 10.2. The first-order valence-corrected chi connectivity index (χ1v) is 8.75. The molecular weight excluding hydrogens is 406 g/mol. The van der Waals surface area contributed by atoms with Crippen molar-refractivity contribution in [1.82, 2.24) is 5.43 Å². The van der Waals surface area contributed by atoms with Crippen LogP contribution in [-0.4, -0.2) is 18.0 Å². The van der Waals surface area contributed by atoms with Crippen LogP contribution in [0.5, 0.6) is 0 Å². The topological polar surface area (TPSA) is 70.6 Å². The highest BCUT2D eigenvalue weighted by Crippen LogP contribution is 2.23. The molecule has 0 aliphatic rings. The highest BCUT2D eigenvalue weighted by Gasteiger charge is 2.09. The van der Waals surface area contributed by atoms with Gasteiger partial charge in [0.25, 0.3) is 0 Å². The van der Waals surface area contributed by atoms with Crippen LogP contribution in [0.15, 0.2) is 52.0 Å².